The van der Waals surface area contributed by atoms with Gasteiger partial charge in [-0.05, 0) is 43.3 Å². The lowest BCUT2D eigenvalue weighted by atomic mass is 10.0. The zero-order valence-corrected chi connectivity index (χ0v) is 24.6. The summed E-state index contributed by atoms with van der Waals surface area (Å²) in [5.74, 6) is 2.51. The molecule has 0 radical (unpaired) electrons. The second-order valence-electron chi connectivity index (χ2n) is 10.0. The smallest absolute Gasteiger partial charge is 0.159 e. The minimum absolute atomic E-state index is 0.497. The third kappa shape index (κ3) is 5.16. The molecule has 0 aliphatic carbocycles. The van der Waals surface area contributed by atoms with E-state index in [1.54, 1.807) is 6.33 Å². The summed E-state index contributed by atoms with van der Waals surface area (Å²) in [6.07, 6.45) is 1.71. The van der Waals surface area contributed by atoms with Crippen LogP contribution in [0.5, 0.6) is 0 Å². The molecule has 0 saturated carbocycles. The highest BCUT2D eigenvalue weighted by Gasteiger charge is 2.22. The van der Waals surface area contributed by atoms with E-state index in [1.807, 2.05) is 88.9 Å². The Hall–Kier alpha value is -4.92. The molecule has 0 spiro atoms. The van der Waals surface area contributed by atoms with Crippen molar-refractivity contribution in [2.75, 3.05) is 0 Å². The van der Waals surface area contributed by atoms with Crippen LogP contribution in [0, 0.1) is 6.92 Å². The molecule has 0 bridgehead atoms. The van der Waals surface area contributed by atoms with Gasteiger partial charge in [-0.25, -0.2) is 0 Å². The van der Waals surface area contributed by atoms with E-state index >= 15 is 0 Å². The van der Waals surface area contributed by atoms with E-state index in [0.717, 1.165) is 62.5 Å². The Labute approximate surface area is 258 Å². The normalized spacial score (nSPS) is 13.1. The van der Waals surface area contributed by atoms with Crippen molar-refractivity contribution in [1.29, 1.82) is 0 Å². The van der Waals surface area contributed by atoms with Crippen molar-refractivity contribution in [3.8, 4) is 11.4 Å². The van der Waals surface area contributed by atoms with Crippen LogP contribution < -0.4 is 0 Å². The summed E-state index contributed by atoms with van der Waals surface area (Å²) in [7, 11) is 0. The first kappa shape index (κ1) is 26.9. The Bertz CT molecular complexity index is 2010. The molecule has 0 atom stereocenters. The maximum atomic E-state index is 6.23. The molecule has 4 heterocycles. The predicted octanol–water partition coefficient (Wildman–Crippen LogP) is 6.85. The van der Waals surface area contributed by atoms with Gasteiger partial charge in [-0.2, -0.15) is 0 Å². The monoisotopic (exact) mass is 602 g/mol. The number of hydrogen-bond acceptors (Lipinski definition) is 6. The number of hydrogen-bond donors (Lipinski definition) is 0. The number of benzene rings is 4. The van der Waals surface area contributed by atoms with Gasteiger partial charge in [0.05, 0.1) is 22.8 Å². The van der Waals surface area contributed by atoms with Crippen molar-refractivity contribution in [2.24, 2.45) is 9.98 Å². The first-order valence-electron chi connectivity index (χ1n) is 13.7. The molecule has 6 aromatic rings. The standard InChI is InChI=1S/C17H13ClN4.C16H11ClN4/c1-11-20-21-16-10-19-17(12-5-3-2-4-6-12)14-9-13(18)7-8-15(14)22(11)16;17-12-6-7-14-13(8-12)16(11-4-2-1-3-5-11)18-9-15-20-19-10-21(14)15/h2-9H,10H2,1H3;1-8,10H,9H2. The fourth-order valence-electron chi connectivity index (χ4n) is 5.35. The highest BCUT2D eigenvalue weighted by Crippen LogP contribution is 2.29. The van der Waals surface area contributed by atoms with Crippen molar-refractivity contribution in [3.63, 3.8) is 0 Å². The van der Waals surface area contributed by atoms with E-state index in [-0.39, 0.29) is 0 Å². The van der Waals surface area contributed by atoms with Crippen molar-refractivity contribution < 1.29 is 0 Å². The topological polar surface area (TPSA) is 86.1 Å². The van der Waals surface area contributed by atoms with Gasteiger partial charge in [-0.15, -0.1) is 20.4 Å². The van der Waals surface area contributed by atoms with Crippen LogP contribution in [0.25, 0.3) is 11.4 Å². The van der Waals surface area contributed by atoms with E-state index in [2.05, 4.69) is 44.7 Å². The first-order valence-corrected chi connectivity index (χ1v) is 14.4. The molecule has 2 aliphatic rings. The first-order chi connectivity index (χ1) is 21.1. The van der Waals surface area contributed by atoms with Crippen LogP contribution in [-0.4, -0.2) is 41.0 Å². The highest BCUT2D eigenvalue weighted by atomic mass is 35.5. The Balaban J connectivity index is 0.000000140. The molecule has 10 heteroatoms. The summed E-state index contributed by atoms with van der Waals surface area (Å²) in [5.41, 5.74) is 8.01. The Morgan fingerprint density at radius 1 is 0.605 bits per heavy atom. The predicted molar refractivity (Wildman–Crippen MR) is 169 cm³/mol. The van der Waals surface area contributed by atoms with Crippen LogP contribution in [0.3, 0.4) is 0 Å². The Morgan fingerprint density at radius 3 is 1.79 bits per heavy atom. The van der Waals surface area contributed by atoms with E-state index in [9.17, 15) is 0 Å². The number of rotatable bonds is 2. The molecule has 0 N–H and O–H groups in total. The summed E-state index contributed by atoms with van der Waals surface area (Å²) in [6.45, 7) is 2.94. The van der Waals surface area contributed by atoms with Gasteiger partial charge in [0.15, 0.2) is 11.6 Å². The summed E-state index contributed by atoms with van der Waals surface area (Å²) < 4.78 is 4.01. The fraction of sp³-hybridized carbons (Fsp3) is 0.0909. The molecule has 2 aromatic heterocycles. The number of aryl methyl sites for hydroxylation is 1. The number of aromatic nitrogens is 6. The molecule has 4 aromatic carbocycles. The second kappa shape index (κ2) is 11.4. The molecule has 0 amide bonds. The van der Waals surface area contributed by atoms with Gasteiger partial charge in [0.2, 0.25) is 0 Å². The van der Waals surface area contributed by atoms with Crippen molar-refractivity contribution >= 4 is 34.6 Å². The van der Waals surface area contributed by atoms with Crippen molar-refractivity contribution in [1.82, 2.24) is 29.5 Å². The Kier molecular flexibility index (Phi) is 7.14. The number of halogens is 2. The van der Waals surface area contributed by atoms with Crippen molar-refractivity contribution in [3.05, 3.63) is 153 Å². The lowest BCUT2D eigenvalue weighted by Gasteiger charge is -2.12. The molecule has 210 valence electrons. The van der Waals surface area contributed by atoms with Gasteiger partial charge in [0.1, 0.15) is 25.2 Å². The molecule has 0 saturated heterocycles. The maximum absolute atomic E-state index is 6.23. The second-order valence-corrected chi connectivity index (χ2v) is 10.9. The quantitative estimate of drug-likeness (QED) is 0.217. The van der Waals surface area contributed by atoms with Gasteiger partial charge in [0.25, 0.3) is 0 Å². The number of nitrogens with zero attached hydrogens (tertiary/aromatic N) is 8. The largest absolute Gasteiger partial charge is 0.283 e. The van der Waals surface area contributed by atoms with Crippen LogP contribution >= 0.6 is 23.2 Å². The molecule has 43 heavy (non-hydrogen) atoms. The SMILES string of the molecule is Cc1nnc2n1-c1ccc(Cl)cc1C(c1ccccc1)=NC2.Clc1ccc2c(c1)C(c1ccccc1)=NCc1nncn1-2. The summed E-state index contributed by atoms with van der Waals surface area (Å²) in [4.78, 5) is 9.49. The average molecular weight is 604 g/mol. The van der Waals surface area contributed by atoms with Gasteiger partial charge in [-0.3, -0.25) is 19.1 Å². The number of fused-ring (bicyclic) bond motifs is 6. The van der Waals surface area contributed by atoms with Crippen LogP contribution in [0.15, 0.2) is 113 Å². The molecule has 0 unspecified atom stereocenters. The molecule has 0 fully saturated rings. The molecular formula is C33H24Cl2N8. The highest BCUT2D eigenvalue weighted by molar-refractivity contribution is 6.32. The summed E-state index contributed by atoms with van der Waals surface area (Å²) in [6, 6.07) is 31.9. The third-order valence-corrected chi connectivity index (χ3v) is 7.76. The van der Waals surface area contributed by atoms with Crippen LogP contribution in [0.4, 0.5) is 0 Å². The molecule has 8 nitrogen and oxygen atoms in total. The van der Waals surface area contributed by atoms with Gasteiger partial charge in [0, 0.05) is 32.3 Å². The van der Waals surface area contributed by atoms with Gasteiger partial charge in [-0.1, -0.05) is 83.9 Å². The van der Waals surface area contributed by atoms with E-state index in [4.69, 9.17) is 33.2 Å². The minimum Gasteiger partial charge on any atom is -0.283 e. The maximum Gasteiger partial charge on any atom is 0.159 e. The van der Waals surface area contributed by atoms with E-state index in [0.29, 0.717) is 23.1 Å². The van der Waals surface area contributed by atoms with Crippen LogP contribution in [-0.2, 0) is 13.1 Å². The summed E-state index contributed by atoms with van der Waals surface area (Å²) in [5, 5.41) is 17.9. The van der Waals surface area contributed by atoms with Gasteiger partial charge < -0.3 is 0 Å². The van der Waals surface area contributed by atoms with Gasteiger partial charge >= 0.3 is 0 Å². The molecule has 8 rings (SSSR count). The lowest BCUT2D eigenvalue weighted by Crippen LogP contribution is -2.08. The zero-order chi connectivity index (χ0) is 29.3. The van der Waals surface area contributed by atoms with Crippen LogP contribution in [0.2, 0.25) is 10.0 Å². The average Bonchev–Trinajstić information content (AvgIpc) is 3.57. The molecule has 2 aliphatic heterocycles. The number of aliphatic imine (C=N–C) groups is 2. The lowest BCUT2D eigenvalue weighted by molar-refractivity contribution is 0.862. The van der Waals surface area contributed by atoms with E-state index < -0.39 is 0 Å². The summed E-state index contributed by atoms with van der Waals surface area (Å²) >= 11 is 12.4. The fourth-order valence-corrected chi connectivity index (χ4v) is 5.69. The Morgan fingerprint density at radius 2 is 1.16 bits per heavy atom. The molecular weight excluding hydrogens is 579 g/mol. The minimum atomic E-state index is 0.497. The van der Waals surface area contributed by atoms with Crippen LogP contribution in [0.1, 0.15) is 39.7 Å². The third-order valence-electron chi connectivity index (χ3n) is 7.29. The van der Waals surface area contributed by atoms with Crippen molar-refractivity contribution in [2.45, 2.75) is 20.0 Å². The van der Waals surface area contributed by atoms with E-state index in [1.165, 1.54) is 0 Å². The zero-order valence-electron chi connectivity index (χ0n) is 23.1.